The van der Waals surface area contributed by atoms with Crippen LogP contribution >= 0.6 is 11.6 Å². The molecule has 0 aliphatic carbocycles. The van der Waals surface area contributed by atoms with Gasteiger partial charge in [-0.3, -0.25) is 9.59 Å². The summed E-state index contributed by atoms with van der Waals surface area (Å²) < 4.78 is 0. The van der Waals surface area contributed by atoms with Crippen molar-refractivity contribution in [3.05, 3.63) is 65.7 Å². The van der Waals surface area contributed by atoms with Crippen molar-refractivity contribution in [3.63, 3.8) is 0 Å². The molecule has 7 heteroatoms. The molecule has 0 aliphatic rings. The summed E-state index contributed by atoms with van der Waals surface area (Å²) in [5, 5.41) is 14.4. The van der Waals surface area contributed by atoms with Gasteiger partial charge in [-0.2, -0.15) is 0 Å². The smallest absolute Gasteiger partial charge is 0.326 e. The van der Waals surface area contributed by atoms with E-state index < -0.39 is 23.8 Å². The van der Waals surface area contributed by atoms with Crippen molar-refractivity contribution in [2.24, 2.45) is 0 Å². The van der Waals surface area contributed by atoms with E-state index in [-0.39, 0.29) is 17.9 Å². The first-order valence-corrected chi connectivity index (χ1v) is 8.06. The average molecular weight is 361 g/mol. The molecule has 0 heterocycles. The van der Waals surface area contributed by atoms with Gasteiger partial charge in [-0.1, -0.05) is 36.4 Å². The SMILES string of the molecule is O=C(CCl)Nc1cccc(C(=O)N[C@@H](Cc2ccccc2)C(=O)O)c1. The Hall–Kier alpha value is -2.86. The third kappa shape index (κ3) is 5.61. The van der Waals surface area contributed by atoms with Crippen LogP contribution in [0.4, 0.5) is 5.69 Å². The zero-order valence-corrected chi connectivity index (χ0v) is 14.0. The molecule has 6 nitrogen and oxygen atoms in total. The molecule has 0 saturated heterocycles. The number of aliphatic carboxylic acids is 1. The van der Waals surface area contributed by atoms with Gasteiger partial charge >= 0.3 is 5.97 Å². The summed E-state index contributed by atoms with van der Waals surface area (Å²) in [5.41, 5.74) is 1.46. The van der Waals surface area contributed by atoms with Gasteiger partial charge in [0, 0.05) is 17.7 Å². The van der Waals surface area contributed by atoms with Gasteiger partial charge in [0.15, 0.2) is 0 Å². The summed E-state index contributed by atoms with van der Waals surface area (Å²) in [7, 11) is 0. The minimum Gasteiger partial charge on any atom is -0.480 e. The molecule has 2 aromatic rings. The van der Waals surface area contributed by atoms with Crippen LogP contribution in [0, 0.1) is 0 Å². The van der Waals surface area contributed by atoms with Crippen molar-refractivity contribution in [2.75, 3.05) is 11.2 Å². The molecule has 2 amide bonds. The number of rotatable bonds is 7. The molecule has 0 unspecified atom stereocenters. The quantitative estimate of drug-likeness (QED) is 0.660. The lowest BCUT2D eigenvalue weighted by molar-refractivity contribution is -0.139. The number of amides is 2. The molecule has 0 bridgehead atoms. The van der Waals surface area contributed by atoms with Crippen LogP contribution in [-0.2, 0) is 16.0 Å². The fourth-order valence-corrected chi connectivity index (χ4v) is 2.29. The minimum atomic E-state index is -1.12. The predicted octanol–water partition coefficient (Wildman–Crippen LogP) is 2.29. The van der Waals surface area contributed by atoms with Crippen molar-refractivity contribution in [1.82, 2.24) is 5.32 Å². The molecule has 0 aliphatic heterocycles. The van der Waals surface area contributed by atoms with Crippen molar-refractivity contribution in [2.45, 2.75) is 12.5 Å². The molecular formula is C18H17ClN2O4. The number of hydrogen-bond acceptors (Lipinski definition) is 3. The number of carboxylic acid groups (broad SMARTS) is 1. The normalized spacial score (nSPS) is 11.4. The summed E-state index contributed by atoms with van der Waals surface area (Å²) in [6.45, 7) is 0. The zero-order valence-electron chi connectivity index (χ0n) is 13.2. The van der Waals surface area contributed by atoms with Crippen molar-refractivity contribution in [1.29, 1.82) is 0 Å². The van der Waals surface area contributed by atoms with Crippen LogP contribution in [0.25, 0.3) is 0 Å². The molecule has 1 atom stereocenters. The lowest BCUT2D eigenvalue weighted by atomic mass is 10.1. The number of carboxylic acids is 1. The zero-order chi connectivity index (χ0) is 18.2. The van der Waals surface area contributed by atoms with Crippen molar-refractivity contribution < 1.29 is 19.5 Å². The molecule has 0 radical (unpaired) electrons. The highest BCUT2D eigenvalue weighted by Crippen LogP contribution is 2.12. The van der Waals surface area contributed by atoms with E-state index in [9.17, 15) is 19.5 Å². The number of hydrogen-bond donors (Lipinski definition) is 3. The number of nitrogens with one attached hydrogen (secondary N) is 2. The Kier molecular flexibility index (Phi) is 6.54. The minimum absolute atomic E-state index is 0.171. The second-order valence-electron chi connectivity index (χ2n) is 5.32. The van der Waals surface area contributed by atoms with Gasteiger partial charge in [0.05, 0.1) is 0 Å². The predicted molar refractivity (Wildman–Crippen MR) is 94.8 cm³/mol. The summed E-state index contributed by atoms with van der Waals surface area (Å²) in [6, 6.07) is 14.2. The van der Waals surface area contributed by atoms with E-state index in [4.69, 9.17) is 11.6 Å². The monoisotopic (exact) mass is 360 g/mol. The van der Waals surface area contributed by atoms with Crippen LogP contribution in [0.1, 0.15) is 15.9 Å². The highest BCUT2D eigenvalue weighted by molar-refractivity contribution is 6.29. The van der Waals surface area contributed by atoms with Gasteiger partial charge in [0.25, 0.3) is 5.91 Å². The van der Waals surface area contributed by atoms with Crippen LogP contribution in [0.15, 0.2) is 54.6 Å². The van der Waals surface area contributed by atoms with Gasteiger partial charge < -0.3 is 15.7 Å². The average Bonchev–Trinajstić information content (AvgIpc) is 2.62. The lowest BCUT2D eigenvalue weighted by Crippen LogP contribution is -2.42. The first-order chi connectivity index (χ1) is 12.0. The molecular weight excluding hydrogens is 344 g/mol. The van der Waals surface area contributed by atoms with E-state index in [1.54, 1.807) is 36.4 Å². The van der Waals surface area contributed by atoms with E-state index >= 15 is 0 Å². The van der Waals surface area contributed by atoms with Gasteiger partial charge in [-0.05, 0) is 23.8 Å². The van der Waals surface area contributed by atoms with Crippen molar-refractivity contribution in [3.8, 4) is 0 Å². The van der Waals surface area contributed by atoms with Crippen LogP contribution in [-0.4, -0.2) is 34.8 Å². The van der Waals surface area contributed by atoms with E-state index in [0.717, 1.165) is 5.56 Å². The fraction of sp³-hybridized carbons (Fsp3) is 0.167. The summed E-state index contributed by atoms with van der Waals surface area (Å²) in [6.07, 6.45) is 0.171. The molecule has 2 aromatic carbocycles. The van der Waals surface area contributed by atoms with Crippen LogP contribution in [0.5, 0.6) is 0 Å². The Balaban J connectivity index is 2.09. The lowest BCUT2D eigenvalue weighted by Gasteiger charge is -2.15. The van der Waals surface area contributed by atoms with Gasteiger partial charge in [0.2, 0.25) is 5.91 Å². The first-order valence-electron chi connectivity index (χ1n) is 7.53. The van der Waals surface area contributed by atoms with E-state index in [0.29, 0.717) is 5.69 Å². The Morgan fingerprint density at radius 1 is 1.04 bits per heavy atom. The van der Waals surface area contributed by atoms with Crippen LogP contribution in [0.3, 0.4) is 0 Å². The molecule has 0 saturated carbocycles. The fourth-order valence-electron chi connectivity index (χ4n) is 2.22. The third-order valence-corrected chi connectivity index (χ3v) is 3.66. The molecule has 0 spiro atoms. The van der Waals surface area contributed by atoms with E-state index in [1.807, 2.05) is 6.07 Å². The first kappa shape index (κ1) is 18.5. The second kappa shape index (κ2) is 8.84. The van der Waals surface area contributed by atoms with Gasteiger partial charge in [-0.15, -0.1) is 11.6 Å². The topological polar surface area (TPSA) is 95.5 Å². The molecule has 3 N–H and O–H groups in total. The second-order valence-corrected chi connectivity index (χ2v) is 5.58. The number of carbonyl (C=O) groups excluding carboxylic acids is 2. The number of halogens is 1. The molecule has 25 heavy (non-hydrogen) atoms. The van der Waals surface area contributed by atoms with Gasteiger partial charge in [0.1, 0.15) is 11.9 Å². The maximum atomic E-state index is 12.3. The van der Waals surface area contributed by atoms with Gasteiger partial charge in [-0.25, -0.2) is 4.79 Å². The van der Waals surface area contributed by atoms with Crippen LogP contribution < -0.4 is 10.6 Å². The molecule has 0 aromatic heterocycles. The summed E-state index contributed by atoms with van der Waals surface area (Å²) in [4.78, 5) is 35.1. The van der Waals surface area contributed by atoms with Crippen molar-refractivity contribution >= 4 is 35.1 Å². The number of anilines is 1. The Morgan fingerprint density at radius 3 is 2.40 bits per heavy atom. The van der Waals surface area contributed by atoms with Crippen LogP contribution in [0.2, 0.25) is 0 Å². The Bertz CT molecular complexity index is 765. The highest BCUT2D eigenvalue weighted by Gasteiger charge is 2.21. The van der Waals surface area contributed by atoms with E-state index in [2.05, 4.69) is 10.6 Å². The summed E-state index contributed by atoms with van der Waals surface area (Å²) in [5.74, 6) is -2.25. The maximum Gasteiger partial charge on any atom is 0.326 e. The van der Waals surface area contributed by atoms with E-state index in [1.165, 1.54) is 12.1 Å². The Labute approximate surface area is 149 Å². The molecule has 0 fully saturated rings. The Morgan fingerprint density at radius 2 is 1.76 bits per heavy atom. The number of alkyl halides is 1. The summed E-state index contributed by atoms with van der Waals surface area (Å²) >= 11 is 5.43. The molecule has 2 rings (SSSR count). The standard InChI is InChI=1S/C18H17ClN2O4/c19-11-16(22)20-14-8-4-7-13(10-14)17(23)21-15(18(24)25)9-12-5-2-1-3-6-12/h1-8,10,15H,9,11H2,(H,20,22)(H,21,23)(H,24,25)/t15-/m0/s1. The molecule has 130 valence electrons. The third-order valence-electron chi connectivity index (χ3n) is 3.42. The highest BCUT2D eigenvalue weighted by atomic mass is 35.5. The largest absolute Gasteiger partial charge is 0.480 e. The number of benzene rings is 2. The maximum absolute atomic E-state index is 12.3. The number of carbonyl (C=O) groups is 3.